The molecule has 0 saturated carbocycles. The van der Waals surface area contributed by atoms with E-state index in [1.54, 1.807) is 6.92 Å². The zero-order chi connectivity index (χ0) is 13.5. The van der Waals surface area contributed by atoms with Gasteiger partial charge in [0.05, 0.1) is 27.6 Å². The summed E-state index contributed by atoms with van der Waals surface area (Å²) in [5.74, 6) is -1.50. The van der Waals surface area contributed by atoms with Crippen molar-refractivity contribution in [2.45, 2.75) is 19.4 Å². The average Bonchev–Trinajstić information content (AvgIpc) is 2.10. The smallest absolute Gasteiger partial charge is 0.332 e. The Labute approximate surface area is 114 Å². The van der Waals surface area contributed by atoms with Gasteiger partial charge in [-0.2, -0.15) is 0 Å². The first kappa shape index (κ1) is 19.5. The minimum atomic E-state index is -0.979. The van der Waals surface area contributed by atoms with Crippen molar-refractivity contribution in [3.05, 3.63) is 0 Å². The fraction of sp³-hybridized carbons (Fsp3) is 0.818. The second-order valence-electron chi connectivity index (χ2n) is 4.82. The summed E-state index contributed by atoms with van der Waals surface area (Å²) in [7, 11) is 5.72. The third-order valence-corrected chi connectivity index (χ3v) is 1.88. The zero-order valence-corrected chi connectivity index (χ0v) is 12.1. The molecule has 1 unspecified atom stereocenters. The molecule has 0 radical (unpaired) electrons. The summed E-state index contributed by atoms with van der Waals surface area (Å²) in [6.07, 6.45) is -0.812. The Bertz CT molecular complexity index is 265. The van der Waals surface area contributed by atoms with Crippen molar-refractivity contribution in [1.29, 1.82) is 0 Å². The molecule has 0 aliphatic heterocycles. The molecule has 0 aliphatic rings. The first-order chi connectivity index (χ1) is 7.74. The molecule has 0 spiro atoms. The van der Waals surface area contributed by atoms with Crippen LogP contribution in [-0.2, 0) is 19.1 Å². The van der Waals surface area contributed by atoms with E-state index >= 15 is 0 Å². The van der Waals surface area contributed by atoms with Crippen LogP contribution in [0.4, 0.5) is 0 Å². The van der Waals surface area contributed by atoms with Crippen molar-refractivity contribution in [3.8, 4) is 0 Å². The number of halogens is 1. The molecule has 18 heavy (non-hydrogen) atoms. The van der Waals surface area contributed by atoms with Crippen LogP contribution in [0.1, 0.15) is 13.3 Å². The molecular weight excluding hydrogens is 262 g/mol. The first-order valence-electron chi connectivity index (χ1n) is 5.54. The normalized spacial score (nSPS) is 12.4. The number of hydrogen-bond acceptors (Lipinski definition) is 4. The monoisotopic (exact) mass is 283 g/mol. The fourth-order valence-electron chi connectivity index (χ4n) is 1.35. The molecule has 0 aliphatic carbocycles. The van der Waals surface area contributed by atoms with E-state index in [0.29, 0.717) is 17.6 Å². The lowest BCUT2D eigenvalue weighted by molar-refractivity contribution is -0.873. The van der Waals surface area contributed by atoms with Crippen molar-refractivity contribution >= 4 is 11.9 Å². The van der Waals surface area contributed by atoms with Crippen molar-refractivity contribution in [3.63, 3.8) is 0 Å². The van der Waals surface area contributed by atoms with Crippen molar-refractivity contribution < 1.29 is 41.1 Å². The molecule has 0 bridgehead atoms. The number of likely N-dealkylation sites (N-methyl/N-ethyl adjacent to an activating group) is 1. The summed E-state index contributed by atoms with van der Waals surface area (Å²) in [4.78, 5) is 22.0. The molecule has 7 heteroatoms. The highest BCUT2D eigenvalue weighted by Crippen LogP contribution is 2.05. The molecule has 0 rings (SSSR count). The van der Waals surface area contributed by atoms with E-state index in [9.17, 15) is 9.59 Å². The lowest BCUT2D eigenvalue weighted by atomic mass is 10.2. The number of carbonyl (C=O) groups is 2. The fourth-order valence-corrected chi connectivity index (χ4v) is 1.35. The molecule has 0 heterocycles. The van der Waals surface area contributed by atoms with Gasteiger partial charge in [-0.05, 0) is 6.92 Å². The van der Waals surface area contributed by atoms with E-state index in [0.717, 1.165) is 0 Å². The van der Waals surface area contributed by atoms with Crippen molar-refractivity contribution in [2.75, 3.05) is 40.9 Å². The molecule has 0 aromatic rings. The predicted octanol–water partition coefficient (Wildman–Crippen LogP) is -2.88. The number of aliphatic carboxylic acids is 1. The molecule has 0 aromatic carbocycles. The van der Waals surface area contributed by atoms with E-state index in [1.165, 1.54) is 0 Å². The molecule has 1 atom stereocenters. The molecule has 6 nitrogen and oxygen atoms in total. The van der Waals surface area contributed by atoms with Crippen LogP contribution < -0.4 is 12.4 Å². The van der Waals surface area contributed by atoms with Crippen LogP contribution in [0, 0.1) is 0 Å². The van der Waals surface area contributed by atoms with Crippen LogP contribution >= 0.6 is 0 Å². The predicted molar refractivity (Wildman–Crippen MR) is 61.5 cm³/mol. The maximum absolute atomic E-state index is 11.3. The minimum Gasteiger partial charge on any atom is -1.00 e. The number of quaternary nitrogens is 1. The van der Waals surface area contributed by atoms with Crippen molar-refractivity contribution in [1.82, 2.24) is 0 Å². The third kappa shape index (κ3) is 11.6. The van der Waals surface area contributed by atoms with Crippen LogP contribution in [0.15, 0.2) is 0 Å². The summed E-state index contributed by atoms with van der Waals surface area (Å²) < 4.78 is 10.5. The Kier molecular flexibility index (Phi) is 9.88. The Morgan fingerprint density at radius 1 is 1.28 bits per heavy atom. The highest BCUT2D eigenvalue weighted by atomic mass is 35.5. The molecule has 0 aromatic heterocycles. The van der Waals surface area contributed by atoms with Crippen LogP contribution in [0.5, 0.6) is 0 Å². The molecule has 1 N–H and O–H groups in total. The lowest BCUT2D eigenvalue weighted by Crippen LogP contribution is -3.00. The molecule has 0 amide bonds. The standard InChI is InChI=1S/C11H21NO5.ClH/c1-5-16-8-11(15)17-9(6-10(13)14)7-12(2,3)4;/h9H,5-8H2,1-4H3;1H. The molecule has 0 saturated heterocycles. The summed E-state index contributed by atoms with van der Waals surface area (Å²) >= 11 is 0. The second-order valence-corrected chi connectivity index (χ2v) is 4.82. The number of nitrogens with zero attached hydrogens (tertiary/aromatic N) is 1. The Balaban J connectivity index is 0. The highest BCUT2D eigenvalue weighted by Gasteiger charge is 2.24. The topological polar surface area (TPSA) is 72.8 Å². The van der Waals surface area contributed by atoms with E-state index in [4.69, 9.17) is 14.6 Å². The van der Waals surface area contributed by atoms with Crippen LogP contribution in [0.3, 0.4) is 0 Å². The van der Waals surface area contributed by atoms with Gasteiger partial charge < -0.3 is 31.5 Å². The van der Waals surface area contributed by atoms with Gasteiger partial charge in [0.25, 0.3) is 0 Å². The number of esters is 1. The van der Waals surface area contributed by atoms with Gasteiger partial charge >= 0.3 is 11.9 Å². The lowest BCUT2D eigenvalue weighted by Gasteiger charge is -2.28. The van der Waals surface area contributed by atoms with Gasteiger partial charge in [0.15, 0.2) is 6.10 Å². The highest BCUT2D eigenvalue weighted by molar-refractivity contribution is 5.72. The second kappa shape index (κ2) is 9.13. The van der Waals surface area contributed by atoms with Gasteiger partial charge in [0, 0.05) is 6.61 Å². The van der Waals surface area contributed by atoms with E-state index in [-0.39, 0.29) is 25.4 Å². The van der Waals surface area contributed by atoms with Crippen LogP contribution in [0.25, 0.3) is 0 Å². The van der Waals surface area contributed by atoms with Crippen LogP contribution in [-0.4, -0.2) is 68.5 Å². The van der Waals surface area contributed by atoms with Crippen LogP contribution in [0.2, 0.25) is 0 Å². The summed E-state index contributed by atoms with van der Waals surface area (Å²) in [6, 6.07) is 0. The van der Waals surface area contributed by atoms with Gasteiger partial charge in [-0.25, -0.2) is 4.79 Å². The maximum atomic E-state index is 11.3. The largest absolute Gasteiger partial charge is 1.00 e. The van der Waals surface area contributed by atoms with E-state index < -0.39 is 18.0 Å². The van der Waals surface area contributed by atoms with Gasteiger partial charge in [-0.15, -0.1) is 0 Å². The number of ether oxygens (including phenoxy) is 2. The quantitative estimate of drug-likeness (QED) is 0.383. The Morgan fingerprint density at radius 2 is 1.83 bits per heavy atom. The molecular formula is C11H22ClNO5. The number of carbonyl (C=O) groups excluding carboxylic acids is 1. The maximum Gasteiger partial charge on any atom is 0.332 e. The van der Waals surface area contributed by atoms with E-state index in [2.05, 4.69) is 0 Å². The molecule has 108 valence electrons. The minimum absolute atomic E-state index is 0. The third-order valence-electron chi connectivity index (χ3n) is 1.88. The van der Waals surface area contributed by atoms with Crippen molar-refractivity contribution in [2.24, 2.45) is 0 Å². The van der Waals surface area contributed by atoms with Gasteiger partial charge in [0.2, 0.25) is 0 Å². The summed E-state index contributed by atoms with van der Waals surface area (Å²) in [6.45, 7) is 2.51. The first-order valence-corrected chi connectivity index (χ1v) is 5.54. The Morgan fingerprint density at radius 3 is 2.22 bits per heavy atom. The summed E-state index contributed by atoms with van der Waals surface area (Å²) in [5.41, 5.74) is 0. The zero-order valence-electron chi connectivity index (χ0n) is 11.3. The summed E-state index contributed by atoms with van der Waals surface area (Å²) in [5, 5.41) is 8.74. The number of hydrogen-bond donors (Lipinski definition) is 1. The molecule has 0 fully saturated rings. The Hall–Kier alpha value is -0.850. The number of carboxylic acid groups (broad SMARTS) is 1. The van der Waals surface area contributed by atoms with Gasteiger partial charge in [0.1, 0.15) is 13.2 Å². The number of carboxylic acids is 1. The average molecular weight is 284 g/mol. The number of rotatable bonds is 8. The van der Waals surface area contributed by atoms with Gasteiger partial charge in [-0.3, -0.25) is 4.79 Å². The van der Waals surface area contributed by atoms with E-state index in [1.807, 2.05) is 21.1 Å². The SMILES string of the molecule is CCOCC(=O)OC(CC(=O)O)C[N+](C)(C)C.[Cl-]. The van der Waals surface area contributed by atoms with Gasteiger partial charge in [-0.1, -0.05) is 0 Å².